The molecule has 0 aromatic heterocycles. The lowest BCUT2D eigenvalue weighted by Gasteiger charge is -2.27. The van der Waals surface area contributed by atoms with Gasteiger partial charge in [0.2, 0.25) is 11.8 Å². The van der Waals surface area contributed by atoms with Gasteiger partial charge in [0, 0.05) is 127 Å². The van der Waals surface area contributed by atoms with Gasteiger partial charge in [-0.05, 0) is 128 Å². The van der Waals surface area contributed by atoms with Crippen molar-refractivity contribution in [2.24, 2.45) is 11.5 Å². The van der Waals surface area contributed by atoms with Crippen LogP contribution in [0, 0.1) is 0 Å². The highest BCUT2D eigenvalue weighted by Crippen LogP contribution is 2.09. The van der Waals surface area contributed by atoms with Gasteiger partial charge in [-0.15, -0.1) is 0 Å². The molecule has 2 unspecified atom stereocenters. The first-order valence-electron chi connectivity index (χ1n) is 25.4. The van der Waals surface area contributed by atoms with Crippen molar-refractivity contribution in [2.45, 2.75) is 190 Å². The van der Waals surface area contributed by atoms with E-state index < -0.39 is 0 Å². The predicted molar refractivity (Wildman–Crippen MR) is 282 cm³/mol. The molecule has 0 spiro atoms. The highest BCUT2D eigenvalue weighted by Gasteiger charge is 2.20. The van der Waals surface area contributed by atoms with Gasteiger partial charge in [0.05, 0.1) is 26.4 Å². The number of carbonyl (C=O) groups excluding carboxylic acids is 2. The van der Waals surface area contributed by atoms with E-state index in [9.17, 15) is 9.59 Å². The van der Waals surface area contributed by atoms with E-state index in [1.165, 1.54) is 58.4 Å². The van der Waals surface area contributed by atoms with E-state index in [-0.39, 0.29) is 44.2 Å². The van der Waals surface area contributed by atoms with Crippen molar-refractivity contribution in [3.05, 3.63) is 0 Å². The lowest BCUT2D eigenvalue weighted by molar-refractivity contribution is -0.130. The van der Waals surface area contributed by atoms with Crippen LogP contribution in [0.4, 0.5) is 0 Å². The molecule has 3 saturated heterocycles. The number of hydrogen-bond acceptors (Lipinski definition) is 15. The Labute approximate surface area is 407 Å². The van der Waals surface area contributed by atoms with Crippen LogP contribution >= 0.6 is 0 Å². The van der Waals surface area contributed by atoms with Crippen molar-refractivity contribution in [1.29, 1.82) is 0 Å². The summed E-state index contributed by atoms with van der Waals surface area (Å²) < 4.78 is 0. The average Bonchev–Trinajstić information content (AvgIpc) is 3.99. The third kappa shape index (κ3) is 42.5. The Kier molecular flexibility index (Phi) is 49.3. The molecular weight excluding hydrogens is 837 g/mol. The van der Waals surface area contributed by atoms with E-state index in [1.807, 2.05) is 46.4 Å². The third-order valence-corrected chi connectivity index (χ3v) is 11.6. The van der Waals surface area contributed by atoms with Crippen LogP contribution in [-0.4, -0.2) is 232 Å². The number of hydrogen-bond donors (Lipinski definition) is 10. The predicted octanol–water partition coefficient (Wildman–Crippen LogP) is 1.79. The first-order valence-corrected chi connectivity index (χ1v) is 25.4. The van der Waals surface area contributed by atoms with Crippen molar-refractivity contribution in [3.63, 3.8) is 0 Å². The van der Waals surface area contributed by atoms with Crippen LogP contribution in [0.2, 0.25) is 0 Å². The number of nitrogens with one attached hydrogen (secondary N) is 5. The minimum absolute atomic E-state index is 0.00926. The fourth-order valence-corrected chi connectivity index (χ4v) is 6.74. The second kappa shape index (κ2) is 45.8. The summed E-state index contributed by atoms with van der Waals surface area (Å²) in [5.74, 6) is 0.116. The fraction of sp³-hybridized carbons (Fsp3) is 0.959. The zero-order chi connectivity index (χ0) is 51.8. The van der Waals surface area contributed by atoms with Gasteiger partial charge in [0.25, 0.3) is 0 Å². The molecular formula is C49H114N12O5. The van der Waals surface area contributed by atoms with Crippen LogP contribution in [0.3, 0.4) is 0 Å². The topological polar surface area (TPSA) is 223 Å². The molecule has 3 aliphatic rings. The van der Waals surface area contributed by atoms with Gasteiger partial charge in [0.1, 0.15) is 0 Å². The molecule has 0 aromatic rings. The Balaban J connectivity index is -0.000000340. The molecule has 2 amide bonds. The largest absolute Gasteiger partial charge is 0.395 e. The molecule has 3 heterocycles. The number of carbonyl (C=O) groups is 2. The van der Waals surface area contributed by atoms with E-state index in [0.29, 0.717) is 55.9 Å². The summed E-state index contributed by atoms with van der Waals surface area (Å²) in [4.78, 5) is 31.2. The lowest BCUT2D eigenvalue weighted by Crippen LogP contribution is -2.42. The molecule has 0 aromatic carbocycles. The smallest absolute Gasteiger partial charge is 0.236 e. The molecule has 17 nitrogen and oxygen atoms in total. The Morgan fingerprint density at radius 2 is 0.939 bits per heavy atom. The van der Waals surface area contributed by atoms with Crippen molar-refractivity contribution < 1.29 is 24.9 Å². The number of amides is 2. The van der Waals surface area contributed by atoms with E-state index in [1.54, 1.807) is 30.8 Å². The maximum Gasteiger partial charge on any atom is 0.236 e. The maximum absolute atomic E-state index is 10.8. The zero-order valence-electron chi connectivity index (χ0n) is 46.3. The van der Waals surface area contributed by atoms with Crippen molar-refractivity contribution in [1.82, 2.24) is 51.1 Å². The van der Waals surface area contributed by atoms with Crippen molar-refractivity contribution >= 4 is 11.8 Å². The van der Waals surface area contributed by atoms with Gasteiger partial charge in [-0.2, -0.15) is 0 Å². The first kappa shape index (κ1) is 71.0. The molecule has 3 rings (SSSR count). The van der Waals surface area contributed by atoms with Gasteiger partial charge in [-0.25, -0.2) is 0 Å². The summed E-state index contributed by atoms with van der Waals surface area (Å²) in [7, 11) is 5.76. The number of rotatable bonds is 19. The highest BCUT2D eigenvalue weighted by molar-refractivity contribution is 5.77. The van der Waals surface area contributed by atoms with Crippen LogP contribution in [0.15, 0.2) is 0 Å². The standard InChI is InChI=1S/2C8H18N2.C7H18N2O.C7H16N2.C7H17NO2.C6H14N2O.C6H13NO/c1-7(2)10(3)8-4-5-9-6-8;1-7(2)10-8-3-5-9-6-4-8;1-7(2)9(4-3-8)5-6-10;1-6(2)9-7-3-4-8-5-7;1-7(2)8(3-5-9)4-6-10;1-5(2)8(3)6(9)4-7;1-5(2)7(4)6(3)8/h7-9H,4-6H2,1-3H3;7-10H,3-6H2,1-2H3;7,10H,3-6,8H2,1-2H3;6-9H,3-5H2,1-2H3;7,9-10H,3-6H2,1-2H3;5H,4,7H2,1-3H3;5H,1-4H3. The SMILES string of the molecule is CC(=O)N(C)C(C)C.CC(C)N(C)C(=O)CN.CC(C)N(C)C1CCNC1.CC(C)N(CCN)CCO.CC(C)N(CCO)CCO.CC(C)NC1CCNC1.CC(C)NC1CCNCC1. The molecule has 0 saturated carbocycles. The first-order chi connectivity index (χ1) is 30.9. The number of aliphatic hydroxyl groups excluding tert-OH is 3. The minimum Gasteiger partial charge on any atom is -0.395 e. The van der Waals surface area contributed by atoms with E-state index >= 15 is 0 Å². The lowest BCUT2D eigenvalue weighted by atomic mass is 10.1. The summed E-state index contributed by atoms with van der Waals surface area (Å²) in [6.45, 7) is 42.4. The summed E-state index contributed by atoms with van der Waals surface area (Å²) in [6, 6.07) is 5.69. The Morgan fingerprint density at radius 1 is 0.545 bits per heavy atom. The Morgan fingerprint density at radius 3 is 1.21 bits per heavy atom. The number of nitrogens with zero attached hydrogens (tertiary/aromatic N) is 5. The summed E-state index contributed by atoms with van der Waals surface area (Å²) in [5.41, 5.74) is 10.5. The molecule has 3 fully saturated rings. The van der Waals surface area contributed by atoms with Crippen LogP contribution in [0.1, 0.15) is 130 Å². The maximum atomic E-state index is 10.8. The zero-order valence-corrected chi connectivity index (χ0v) is 46.3. The van der Waals surface area contributed by atoms with E-state index in [4.69, 9.17) is 26.8 Å². The fourth-order valence-electron chi connectivity index (χ4n) is 6.74. The summed E-state index contributed by atoms with van der Waals surface area (Å²) >= 11 is 0. The molecule has 66 heavy (non-hydrogen) atoms. The second-order valence-corrected chi connectivity index (χ2v) is 19.5. The van der Waals surface area contributed by atoms with Gasteiger partial charge in [0.15, 0.2) is 0 Å². The Bertz CT molecular complexity index is 1020. The monoisotopic (exact) mass is 951 g/mol. The van der Waals surface area contributed by atoms with Crippen LogP contribution in [0.25, 0.3) is 0 Å². The van der Waals surface area contributed by atoms with E-state index in [0.717, 1.165) is 37.8 Å². The van der Waals surface area contributed by atoms with Crippen LogP contribution < -0.4 is 38.1 Å². The molecule has 2 atom stereocenters. The average molecular weight is 952 g/mol. The minimum atomic E-state index is -0.00926. The van der Waals surface area contributed by atoms with Gasteiger partial charge < -0.3 is 63.2 Å². The highest BCUT2D eigenvalue weighted by atomic mass is 16.3. The van der Waals surface area contributed by atoms with Crippen molar-refractivity contribution in [3.8, 4) is 0 Å². The molecule has 400 valence electrons. The molecule has 0 radical (unpaired) electrons. The third-order valence-electron chi connectivity index (χ3n) is 11.6. The van der Waals surface area contributed by atoms with Crippen LogP contribution in [-0.2, 0) is 9.59 Å². The normalized spacial score (nSPS) is 17.1. The van der Waals surface area contributed by atoms with Crippen molar-refractivity contribution in [2.75, 3.05) is 120 Å². The molecule has 3 aliphatic heterocycles. The number of nitrogens with two attached hydrogens (primary N) is 2. The molecule has 17 heteroatoms. The number of likely N-dealkylation sites (N-methyl/N-ethyl adjacent to an activating group) is 2. The summed E-state index contributed by atoms with van der Waals surface area (Å²) in [6.07, 6.45) is 5.18. The quantitative estimate of drug-likeness (QED) is 0.0892. The van der Waals surface area contributed by atoms with Gasteiger partial charge in [-0.3, -0.25) is 24.3 Å². The van der Waals surface area contributed by atoms with Crippen LogP contribution in [0.5, 0.6) is 0 Å². The molecule has 12 N–H and O–H groups in total. The number of piperidine rings is 1. The second-order valence-electron chi connectivity index (χ2n) is 19.5. The van der Waals surface area contributed by atoms with Gasteiger partial charge >= 0.3 is 0 Å². The van der Waals surface area contributed by atoms with Gasteiger partial charge in [-0.1, -0.05) is 27.7 Å². The summed E-state index contributed by atoms with van der Waals surface area (Å²) in [5, 5.41) is 42.9. The Hall–Kier alpha value is -1.58. The number of aliphatic hydroxyl groups is 3. The molecule has 0 bridgehead atoms. The molecule has 0 aliphatic carbocycles. The van der Waals surface area contributed by atoms with E-state index in [2.05, 4.69) is 98.8 Å².